The van der Waals surface area contributed by atoms with Crippen LogP contribution in [-0.4, -0.2) is 29.6 Å². The Morgan fingerprint density at radius 2 is 1.92 bits per heavy atom. The van der Waals surface area contributed by atoms with E-state index in [0.29, 0.717) is 12.8 Å². The van der Waals surface area contributed by atoms with Gasteiger partial charge in [0, 0.05) is 0 Å². The minimum Gasteiger partial charge on any atom is -0.479 e. The average molecular weight is 198 g/mol. The van der Waals surface area contributed by atoms with Crippen molar-refractivity contribution >= 4 is 5.97 Å². The lowest BCUT2D eigenvalue weighted by atomic mass is 10.1. The second-order valence-corrected chi connectivity index (χ2v) is 2.84. The Balaban J connectivity index is 3.93. The number of unbranched alkanes of at least 4 members (excludes halogenated alkanes) is 1. The number of rotatable bonds is 6. The van der Waals surface area contributed by atoms with Crippen LogP contribution in [0.25, 0.3) is 0 Å². The van der Waals surface area contributed by atoms with Gasteiger partial charge in [0.05, 0.1) is 0 Å². The van der Waals surface area contributed by atoms with E-state index in [0.717, 1.165) is 0 Å². The van der Waals surface area contributed by atoms with Gasteiger partial charge >= 0.3 is 5.97 Å². The maximum atomic E-state index is 12.7. The molecule has 0 spiro atoms. The van der Waals surface area contributed by atoms with E-state index in [1.54, 1.807) is 6.92 Å². The third-order valence-corrected chi connectivity index (χ3v) is 1.69. The number of alkyl halides is 3. The van der Waals surface area contributed by atoms with Gasteiger partial charge in [-0.3, -0.25) is 0 Å². The molecule has 0 aromatic carbocycles. The van der Waals surface area contributed by atoms with Crippen molar-refractivity contribution in [2.45, 2.75) is 44.7 Å². The summed E-state index contributed by atoms with van der Waals surface area (Å²) >= 11 is 0. The van der Waals surface area contributed by atoms with Gasteiger partial charge in [0.1, 0.15) is 6.17 Å². The number of hydrogen-bond acceptors (Lipinski definition) is 1. The zero-order valence-electron chi connectivity index (χ0n) is 7.34. The smallest absolute Gasteiger partial charge is 0.341 e. The molecule has 0 rings (SSSR count). The molecular formula is C8H13F3O2. The van der Waals surface area contributed by atoms with E-state index in [4.69, 9.17) is 5.11 Å². The number of halogens is 3. The van der Waals surface area contributed by atoms with E-state index >= 15 is 0 Å². The molecule has 5 heteroatoms. The minimum absolute atomic E-state index is 0.134. The number of carbonyl (C=O) groups is 1. The third kappa shape index (κ3) is 4.15. The lowest BCUT2D eigenvalue weighted by Gasteiger charge is -2.13. The number of carboxylic acids is 1. The molecule has 0 aromatic rings. The van der Waals surface area contributed by atoms with Gasteiger partial charge in [-0.05, 0) is 6.42 Å². The van der Waals surface area contributed by atoms with Crippen LogP contribution in [0.1, 0.15) is 26.2 Å². The predicted octanol–water partition coefficient (Wildman–Crippen LogP) is 2.28. The summed E-state index contributed by atoms with van der Waals surface area (Å²) in [5, 5.41) is 8.05. The fourth-order valence-corrected chi connectivity index (χ4v) is 0.878. The third-order valence-electron chi connectivity index (χ3n) is 1.69. The minimum atomic E-state index is -2.76. The maximum Gasteiger partial charge on any atom is 0.341 e. The lowest BCUT2D eigenvalue weighted by Crippen LogP contribution is -2.34. The van der Waals surface area contributed by atoms with E-state index in [2.05, 4.69) is 0 Å². The van der Waals surface area contributed by atoms with Crippen molar-refractivity contribution in [1.82, 2.24) is 0 Å². The van der Waals surface area contributed by atoms with Gasteiger partial charge in [0.2, 0.25) is 6.17 Å². The van der Waals surface area contributed by atoms with Crippen LogP contribution in [0.15, 0.2) is 0 Å². The molecule has 0 radical (unpaired) electrons. The highest BCUT2D eigenvalue weighted by Crippen LogP contribution is 2.17. The molecule has 0 saturated heterocycles. The fourth-order valence-electron chi connectivity index (χ4n) is 0.878. The number of aliphatic carboxylic acids is 1. The summed E-state index contributed by atoms with van der Waals surface area (Å²) in [6.07, 6.45) is -6.38. The number of hydrogen-bond donors (Lipinski definition) is 1. The Hall–Kier alpha value is -0.740. The van der Waals surface area contributed by atoms with Gasteiger partial charge in [-0.1, -0.05) is 19.8 Å². The largest absolute Gasteiger partial charge is 0.479 e. The van der Waals surface area contributed by atoms with Crippen LogP contribution < -0.4 is 0 Å². The summed E-state index contributed by atoms with van der Waals surface area (Å²) in [4.78, 5) is 9.94. The van der Waals surface area contributed by atoms with Gasteiger partial charge in [-0.15, -0.1) is 0 Å². The van der Waals surface area contributed by atoms with Crippen LogP contribution in [0, 0.1) is 0 Å². The molecule has 0 fully saturated rings. The van der Waals surface area contributed by atoms with E-state index in [9.17, 15) is 18.0 Å². The molecule has 0 bridgehead atoms. The summed E-state index contributed by atoms with van der Waals surface area (Å²) in [5.41, 5.74) is 0. The van der Waals surface area contributed by atoms with Crippen LogP contribution in [0.5, 0.6) is 0 Å². The number of carboxylic acid groups (broad SMARTS) is 1. The first-order valence-corrected chi connectivity index (χ1v) is 4.15. The van der Waals surface area contributed by atoms with E-state index in [1.165, 1.54) is 0 Å². The zero-order chi connectivity index (χ0) is 10.4. The van der Waals surface area contributed by atoms with Crippen LogP contribution in [0.4, 0.5) is 13.2 Å². The highest BCUT2D eigenvalue weighted by Gasteiger charge is 2.34. The molecule has 0 aliphatic carbocycles. The van der Waals surface area contributed by atoms with E-state index in [1.807, 2.05) is 0 Å². The van der Waals surface area contributed by atoms with Crippen LogP contribution in [0.3, 0.4) is 0 Å². The molecule has 3 unspecified atom stereocenters. The molecule has 13 heavy (non-hydrogen) atoms. The highest BCUT2D eigenvalue weighted by atomic mass is 19.2. The van der Waals surface area contributed by atoms with Gasteiger partial charge in [-0.2, -0.15) is 0 Å². The Bertz CT molecular complexity index is 163. The molecule has 0 aromatic heterocycles. The van der Waals surface area contributed by atoms with Crippen LogP contribution in [-0.2, 0) is 4.79 Å². The topological polar surface area (TPSA) is 37.3 Å². The zero-order valence-corrected chi connectivity index (χ0v) is 7.34. The summed E-state index contributed by atoms with van der Waals surface area (Å²) in [7, 11) is 0. The first kappa shape index (κ1) is 12.3. The maximum absolute atomic E-state index is 12.7. The van der Waals surface area contributed by atoms with Crippen molar-refractivity contribution in [3.63, 3.8) is 0 Å². The molecular weight excluding hydrogens is 185 g/mol. The molecule has 0 aliphatic rings. The van der Waals surface area contributed by atoms with Crippen molar-refractivity contribution in [2.24, 2.45) is 0 Å². The van der Waals surface area contributed by atoms with Crippen molar-refractivity contribution in [3.8, 4) is 0 Å². The van der Waals surface area contributed by atoms with Crippen molar-refractivity contribution < 1.29 is 23.1 Å². The van der Waals surface area contributed by atoms with Crippen molar-refractivity contribution in [1.29, 1.82) is 0 Å². The highest BCUT2D eigenvalue weighted by molar-refractivity contribution is 5.72. The van der Waals surface area contributed by atoms with Crippen molar-refractivity contribution in [2.75, 3.05) is 0 Å². The molecule has 1 N–H and O–H groups in total. The molecule has 0 aliphatic heterocycles. The molecule has 3 atom stereocenters. The second-order valence-electron chi connectivity index (χ2n) is 2.84. The first-order valence-electron chi connectivity index (χ1n) is 4.15. The van der Waals surface area contributed by atoms with Crippen molar-refractivity contribution in [3.05, 3.63) is 0 Å². The van der Waals surface area contributed by atoms with Gasteiger partial charge < -0.3 is 5.11 Å². The quantitative estimate of drug-likeness (QED) is 0.710. The summed E-state index contributed by atoms with van der Waals surface area (Å²) in [6, 6.07) is 0. The first-order chi connectivity index (χ1) is 6.00. The molecule has 0 saturated carbocycles. The Labute approximate surface area is 74.7 Å². The monoisotopic (exact) mass is 198 g/mol. The second kappa shape index (κ2) is 5.83. The Kier molecular flexibility index (Phi) is 5.50. The molecule has 78 valence electrons. The Morgan fingerprint density at radius 1 is 1.38 bits per heavy atom. The normalized spacial score (nSPS) is 17.8. The Morgan fingerprint density at radius 3 is 2.31 bits per heavy atom. The fraction of sp³-hybridized carbons (Fsp3) is 0.875. The van der Waals surface area contributed by atoms with Crippen LogP contribution in [0.2, 0.25) is 0 Å². The lowest BCUT2D eigenvalue weighted by molar-refractivity contribution is -0.146. The van der Waals surface area contributed by atoms with Gasteiger partial charge in [-0.25, -0.2) is 18.0 Å². The molecule has 0 heterocycles. The molecule has 0 amide bonds. The summed E-state index contributed by atoms with van der Waals surface area (Å²) in [5.74, 6) is -1.95. The molecule has 2 nitrogen and oxygen atoms in total. The summed E-state index contributed by atoms with van der Waals surface area (Å²) < 4.78 is 37.7. The predicted molar refractivity (Wildman–Crippen MR) is 41.8 cm³/mol. The average Bonchev–Trinajstić information content (AvgIpc) is 2.11. The van der Waals surface area contributed by atoms with Gasteiger partial charge in [0.25, 0.3) is 0 Å². The van der Waals surface area contributed by atoms with E-state index < -0.39 is 24.5 Å². The van der Waals surface area contributed by atoms with E-state index in [-0.39, 0.29) is 6.42 Å². The standard InChI is InChI=1S/C8H13F3O2/c1-2-3-4-5(9)6(10)7(11)8(12)13/h5-7H,2-4H2,1H3,(H,12,13). The van der Waals surface area contributed by atoms with Crippen LogP contribution >= 0.6 is 0 Å². The summed E-state index contributed by atoms with van der Waals surface area (Å²) in [6.45, 7) is 1.78. The van der Waals surface area contributed by atoms with Gasteiger partial charge in [0.15, 0.2) is 6.17 Å². The SMILES string of the molecule is CCCCC(F)C(F)C(F)C(=O)O.